The number of anilines is 1. The topological polar surface area (TPSA) is 85.3 Å². The molecule has 2 N–H and O–H groups in total. The average Bonchev–Trinajstić information content (AvgIpc) is 3.12. The van der Waals surface area contributed by atoms with Crippen LogP contribution in [0, 0.1) is 0 Å². The zero-order valence-electron chi connectivity index (χ0n) is 11.6. The molecule has 7 nitrogen and oxygen atoms in total. The molecule has 2 aromatic heterocycles. The van der Waals surface area contributed by atoms with Crippen molar-refractivity contribution in [3.8, 4) is 0 Å². The standard InChI is InChI=1S/C14H17N5O2/c20-14(21)19-6-1-2-10-11(19)4-7-18(10)13-9-3-5-15-12(9)16-8-17-13/h3,5,8,10-11H,1-2,4,6-7H2,(H,20,21)(H,15,16,17)/t10?,11-/m1/s1. The summed E-state index contributed by atoms with van der Waals surface area (Å²) in [5.74, 6) is 0.918. The molecule has 0 spiro atoms. The van der Waals surface area contributed by atoms with Gasteiger partial charge in [0.2, 0.25) is 0 Å². The van der Waals surface area contributed by atoms with Crippen molar-refractivity contribution in [2.45, 2.75) is 31.3 Å². The van der Waals surface area contributed by atoms with Crippen LogP contribution in [0.25, 0.3) is 11.0 Å². The number of carbonyl (C=O) groups is 1. The van der Waals surface area contributed by atoms with Gasteiger partial charge in [0.15, 0.2) is 0 Å². The lowest BCUT2D eigenvalue weighted by atomic mass is 9.97. The van der Waals surface area contributed by atoms with E-state index >= 15 is 0 Å². The second-order valence-corrected chi connectivity index (χ2v) is 5.67. The van der Waals surface area contributed by atoms with Gasteiger partial charge in [0.05, 0.1) is 17.5 Å². The SMILES string of the molecule is O=C(O)N1CCCC2[C@H]1CCN2c1ncnc2[nH]ccc12. The summed E-state index contributed by atoms with van der Waals surface area (Å²) in [5, 5.41) is 10.4. The molecule has 21 heavy (non-hydrogen) atoms. The van der Waals surface area contributed by atoms with Gasteiger partial charge in [0.1, 0.15) is 17.8 Å². The van der Waals surface area contributed by atoms with Crippen LogP contribution in [0.4, 0.5) is 10.6 Å². The van der Waals surface area contributed by atoms with Crippen molar-refractivity contribution < 1.29 is 9.90 Å². The number of rotatable bonds is 1. The largest absolute Gasteiger partial charge is 0.465 e. The Balaban J connectivity index is 1.71. The normalized spacial score (nSPS) is 25.3. The van der Waals surface area contributed by atoms with Crippen LogP contribution in [0.2, 0.25) is 0 Å². The molecule has 2 aliphatic heterocycles. The Bertz CT molecular complexity index is 685. The summed E-state index contributed by atoms with van der Waals surface area (Å²) in [6.07, 6.45) is 5.42. The van der Waals surface area contributed by atoms with Crippen molar-refractivity contribution >= 4 is 22.9 Å². The van der Waals surface area contributed by atoms with Crippen molar-refractivity contribution in [3.63, 3.8) is 0 Å². The highest BCUT2D eigenvalue weighted by atomic mass is 16.4. The molecular formula is C14H17N5O2. The first-order chi connectivity index (χ1) is 10.3. The van der Waals surface area contributed by atoms with Gasteiger partial charge in [0, 0.05) is 19.3 Å². The maximum absolute atomic E-state index is 11.4. The number of piperidine rings is 1. The van der Waals surface area contributed by atoms with Gasteiger partial charge in [-0.3, -0.25) is 0 Å². The molecule has 2 atom stereocenters. The van der Waals surface area contributed by atoms with Crippen LogP contribution in [-0.2, 0) is 0 Å². The van der Waals surface area contributed by atoms with E-state index in [-0.39, 0.29) is 12.1 Å². The summed E-state index contributed by atoms with van der Waals surface area (Å²) < 4.78 is 0. The fourth-order valence-corrected chi connectivity index (χ4v) is 3.77. The first-order valence-corrected chi connectivity index (χ1v) is 7.30. The van der Waals surface area contributed by atoms with Crippen molar-refractivity contribution in [1.82, 2.24) is 19.9 Å². The number of H-pyrrole nitrogens is 1. The predicted molar refractivity (Wildman–Crippen MR) is 77.4 cm³/mol. The van der Waals surface area contributed by atoms with Gasteiger partial charge >= 0.3 is 6.09 Å². The average molecular weight is 287 g/mol. The van der Waals surface area contributed by atoms with E-state index in [1.165, 1.54) is 0 Å². The van der Waals surface area contributed by atoms with Gasteiger partial charge in [-0.15, -0.1) is 0 Å². The van der Waals surface area contributed by atoms with Crippen LogP contribution >= 0.6 is 0 Å². The van der Waals surface area contributed by atoms with E-state index in [0.29, 0.717) is 6.54 Å². The zero-order valence-corrected chi connectivity index (χ0v) is 11.6. The Hall–Kier alpha value is -2.31. The molecule has 0 aliphatic carbocycles. The van der Waals surface area contributed by atoms with Crippen LogP contribution in [0.3, 0.4) is 0 Å². The van der Waals surface area contributed by atoms with E-state index in [2.05, 4.69) is 19.9 Å². The molecule has 2 aromatic rings. The lowest BCUT2D eigenvalue weighted by molar-refractivity contribution is 0.105. The predicted octanol–water partition coefficient (Wildman–Crippen LogP) is 1.68. The Morgan fingerprint density at radius 1 is 1.29 bits per heavy atom. The third-order valence-electron chi connectivity index (χ3n) is 4.66. The fraction of sp³-hybridized carbons (Fsp3) is 0.500. The highest BCUT2D eigenvalue weighted by molar-refractivity contribution is 5.87. The quantitative estimate of drug-likeness (QED) is 0.833. The molecule has 2 saturated heterocycles. The van der Waals surface area contributed by atoms with E-state index in [9.17, 15) is 9.90 Å². The molecule has 0 bridgehead atoms. The van der Waals surface area contributed by atoms with Gasteiger partial charge in [-0.2, -0.15) is 0 Å². The summed E-state index contributed by atoms with van der Waals surface area (Å²) >= 11 is 0. The van der Waals surface area contributed by atoms with Crippen molar-refractivity contribution in [2.24, 2.45) is 0 Å². The number of fused-ring (bicyclic) bond motifs is 2. The van der Waals surface area contributed by atoms with Crippen LogP contribution in [-0.4, -0.2) is 56.2 Å². The molecule has 2 fully saturated rings. The minimum atomic E-state index is -0.805. The van der Waals surface area contributed by atoms with Gasteiger partial charge in [-0.05, 0) is 25.3 Å². The van der Waals surface area contributed by atoms with E-state index < -0.39 is 6.09 Å². The number of aromatic amines is 1. The number of amides is 1. The Kier molecular flexibility index (Phi) is 2.73. The number of nitrogens with one attached hydrogen (secondary N) is 1. The molecule has 1 amide bonds. The van der Waals surface area contributed by atoms with Crippen LogP contribution in [0.5, 0.6) is 0 Å². The fourth-order valence-electron chi connectivity index (χ4n) is 3.77. The summed E-state index contributed by atoms with van der Waals surface area (Å²) in [5.41, 5.74) is 0.828. The van der Waals surface area contributed by atoms with Crippen LogP contribution < -0.4 is 4.90 Å². The van der Waals surface area contributed by atoms with E-state index in [1.807, 2.05) is 12.3 Å². The lowest BCUT2D eigenvalue weighted by Gasteiger charge is -2.38. The molecule has 110 valence electrons. The highest BCUT2D eigenvalue weighted by Crippen LogP contribution is 2.35. The smallest absolute Gasteiger partial charge is 0.407 e. The third-order valence-corrected chi connectivity index (χ3v) is 4.66. The van der Waals surface area contributed by atoms with E-state index in [4.69, 9.17) is 0 Å². The first kappa shape index (κ1) is 12.4. The number of nitrogens with zero attached hydrogens (tertiary/aromatic N) is 4. The van der Waals surface area contributed by atoms with Crippen LogP contribution in [0.15, 0.2) is 18.6 Å². The molecule has 0 aromatic carbocycles. The molecule has 0 saturated carbocycles. The van der Waals surface area contributed by atoms with Crippen molar-refractivity contribution in [2.75, 3.05) is 18.0 Å². The monoisotopic (exact) mass is 287 g/mol. The van der Waals surface area contributed by atoms with E-state index in [0.717, 1.165) is 42.7 Å². The molecule has 1 unspecified atom stereocenters. The van der Waals surface area contributed by atoms with Gasteiger partial charge in [-0.1, -0.05) is 0 Å². The molecule has 4 rings (SSSR count). The zero-order chi connectivity index (χ0) is 14.4. The number of likely N-dealkylation sites (tertiary alicyclic amines) is 1. The molecule has 7 heteroatoms. The summed E-state index contributed by atoms with van der Waals surface area (Å²) in [6, 6.07) is 2.29. The highest BCUT2D eigenvalue weighted by Gasteiger charge is 2.42. The Morgan fingerprint density at radius 2 is 2.19 bits per heavy atom. The minimum Gasteiger partial charge on any atom is -0.465 e. The van der Waals surface area contributed by atoms with Crippen molar-refractivity contribution in [1.29, 1.82) is 0 Å². The summed E-state index contributed by atoms with van der Waals surface area (Å²) in [7, 11) is 0. The van der Waals surface area contributed by atoms with Crippen LogP contribution in [0.1, 0.15) is 19.3 Å². The maximum atomic E-state index is 11.4. The second-order valence-electron chi connectivity index (χ2n) is 5.67. The van der Waals surface area contributed by atoms with Crippen molar-refractivity contribution in [3.05, 3.63) is 18.6 Å². The summed E-state index contributed by atoms with van der Waals surface area (Å²) in [4.78, 5) is 27.0. The Labute approximate surface area is 121 Å². The molecular weight excluding hydrogens is 270 g/mol. The van der Waals surface area contributed by atoms with Gasteiger partial charge in [-0.25, -0.2) is 14.8 Å². The molecule has 4 heterocycles. The number of carboxylic acid groups (broad SMARTS) is 1. The maximum Gasteiger partial charge on any atom is 0.407 e. The molecule has 2 aliphatic rings. The number of hydrogen-bond acceptors (Lipinski definition) is 4. The number of hydrogen-bond donors (Lipinski definition) is 2. The lowest BCUT2D eigenvalue weighted by Crippen LogP contribution is -2.51. The third kappa shape index (κ3) is 1.84. The molecule has 0 radical (unpaired) electrons. The number of aromatic nitrogens is 3. The summed E-state index contributed by atoms with van der Waals surface area (Å²) in [6.45, 7) is 1.49. The second kappa shape index (κ2) is 4.61. The van der Waals surface area contributed by atoms with Gasteiger partial charge in [0.25, 0.3) is 0 Å². The van der Waals surface area contributed by atoms with Gasteiger partial charge < -0.3 is 19.9 Å². The Morgan fingerprint density at radius 3 is 3.05 bits per heavy atom. The minimum absolute atomic E-state index is 0.0835. The first-order valence-electron chi connectivity index (χ1n) is 7.30. The van der Waals surface area contributed by atoms with E-state index in [1.54, 1.807) is 11.2 Å².